The molecule has 1 atom stereocenters. The van der Waals surface area contributed by atoms with Gasteiger partial charge >= 0.3 is 0 Å². The van der Waals surface area contributed by atoms with Gasteiger partial charge in [0.05, 0.1) is 23.4 Å². The zero-order valence-corrected chi connectivity index (χ0v) is 23.2. The van der Waals surface area contributed by atoms with E-state index in [9.17, 15) is 9.90 Å². The van der Waals surface area contributed by atoms with Crippen LogP contribution in [0.2, 0.25) is 0 Å². The number of aryl methyl sites for hydroxylation is 1. The summed E-state index contributed by atoms with van der Waals surface area (Å²) in [6, 6.07) is 21.6. The summed E-state index contributed by atoms with van der Waals surface area (Å²) in [6.07, 6.45) is 3.49. The monoisotopic (exact) mass is 537 g/mol. The SMILES string of the molecule is CCN(CC)c1ccc(/C=c2\sc3n(c2=O)[C@H](c2ccccc2OC)C2=C(N=3)c3ccccc3CC2)c(O)c1. The molecule has 0 radical (unpaired) electrons. The molecule has 4 aromatic rings. The second-order valence-corrected chi connectivity index (χ2v) is 10.8. The number of phenols is 1. The molecule has 0 bridgehead atoms. The van der Waals surface area contributed by atoms with Crippen molar-refractivity contribution in [3.63, 3.8) is 0 Å². The van der Waals surface area contributed by atoms with Gasteiger partial charge in [0.15, 0.2) is 4.80 Å². The van der Waals surface area contributed by atoms with Gasteiger partial charge in [-0.25, -0.2) is 4.99 Å². The second-order valence-electron chi connectivity index (χ2n) is 9.77. The van der Waals surface area contributed by atoms with Crippen LogP contribution in [0.25, 0.3) is 11.8 Å². The first kappa shape index (κ1) is 25.2. The molecule has 39 heavy (non-hydrogen) atoms. The number of thiazole rings is 1. The summed E-state index contributed by atoms with van der Waals surface area (Å²) in [6.45, 7) is 5.88. The Hall–Kier alpha value is -4.10. The standard InChI is InChI=1S/C32H31N3O3S/c1-4-34(5-2)22-16-14-21(26(36)19-22)18-28-31(37)35-30(24-12-8-9-13-27(24)38-3)25-17-15-20-10-6-7-11-23(20)29(25)33-32(35)39-28/h6-14,16,18-19,30,36H,4-5,15,17H2,1-3H3/b28-18-/t30-/m1/s1. The van der Waals surface area contributed by atoms with Crippen LogP contribution in [-0.4, -0.2) is 29.9 Å². The molecule has 198 valence electrons. The van der Waals surface area contributed by atoms with Crippen LogP contribution >= 0.6 is 11.3 Å². The van der Waals surface area contributed by atoms with Crippen LogP contribution in [0.15, 0.2) is 82.1 Å². The van der Waals surface area contributed by atoms with Crippen molar-refractivity contribution in [2.24, 2.45) is 4.99 Å². The Balaban J connectivity index is 1.56. The van der Waals surface area contributed by atoms with Gasteiger partial charge in [0.2, 0.25) is 0 Å². The maximum absolute atomic E-state index is 14.0. The zero-order chi connectivity index (χ0) is 27.1. The van der Waals surface area contributed by atoms with E-state index < -0.39 is 0 Å². The lowest BCUT2D eigenvalue weighted by molar-refractivity contribution is 0.402. The molecule has 2 aliphatic rings. The number of para-hydroxylation sites is 1. The Morgan fingerprint density at radius 2 is 1.85 bits per heavy atom. The Labute approximate surface area is 231 Å². The third kappa shape index (κ3) is 4.27. The van der Waals surface area contributed by atoms with E-state index in [0.717, 1.165) is 59.8 Å². The lowest BCUT2D eigenvalue weighted by atomic mass is 9.83. The second kappa shape index (κ2) is 10.2. The third-order valence-electron chi connectivity index (χ3n) is 7.74. The normalized spacial score (nSPS) is 16.3. The fourth-order valence-corrected chi connectivity index (χ4v) is 6.76. The first-order chi connectivity index (χ1) is 19.0. The Bertz CT molecular complexity index is 1780. The van der Waals surface area contributed by atoms with Crippen molar-refractivity contribution in [2.75, 3.05) is 25.1 Å². The lowest BCUT2D eigenvalue weighted by Crippen LogP contribution is -2.39. The van der Waals surface area contributed by atoms with E-state index in [2.05, 4.69) is 36.9 Å². The molecule has 0 amide bonds. The third-order valence-corrected chi connectivity index (χ3v) is 8.72. The fourth-order valence-electron chi connectivity index (χ4n) is 5.77. The highest BCUT2D eigenvalue weighted by Crippen LogP contribution is 2.43. The quantitative estimate of drug-likeness (QED) is 0.381. The van der Waals surface area contributed by atoms with Crippen molar-refractivity contribution in [2.45, 2.75) is 32.7 Å². The molecule has 0 unspecified atom stereocenters. The molecule has 6 nitrogen and oxygen atoms in total. The average Bonchev–Trinajstić information content (AvgIpc) is 3.28. The number of ether oxygens (including phenoxy) is 1. The van der Waals surface area contributed by atoms with E-state index in [0.29, 0.717) is 14.9 Å². The molecule has 0 spiro atoms. The van der Waals surface area contributed by atoms with Crippen molar-refractivity contribution in [3.05, 3.63) is 114 Å². The van der Waals surface area contributed by atoms with E-state index in [-0.39, 0.29) is 17.4 Å². The van der Waals surface area contributed by atoms with Crippen molar-refractivity contribution >= 4 is 28.8 Å². The Morgan fingerprint density at radius 3 is 2.62 bits per heavy atom. The topological polar surface area (TPSA) is 67.1 Å². The van der Waals surface area contributed by atoms with Gasteiger partial charge in [0.1, 0.15) is 11.5 Å². The zero-order valence-electron chi connectivity index (χ0n) is 22.3. The van der Waals surface area contributed by atoms with Gasteiger partial charge in [-0.3, -0.25) is 9.36 Å². The number of allylic oxidation sites excluding steroid dienone is 1. The van der Waals surface area contributed by atoms with E-state index >= 15 is 0 Å². The highest BCUT2D eigenvalue weighted by atomic mass is 32.1. The van der Waals surface area contributed by atoms with E-state index in [4.69, 9.17) is 9.73 Å². The van der Waals surface area contributed by atoms with Crippen LogP contribution in [0.4, 0.5) is 5.69 Å². The molecule has 3 aromatic carbocycles. The molecule has 6 rings (SSSR count). The minimum atomic E-state index is -0.318. The Morgan fingerprint density at radius 1 is 1.08 bits per heavy atom. The van der Waals surface area contributed by atoms with E-state index in [1.54, 1.807) is 19.3 Å². The minimum Gasteiger partial charge on any atom is -0.507 e. The maximum atomic E-state index is 14.0. The van der Waals surface area contributed by atoms with Gasteiger partial charge in [0, 0.05) is 41.5 Å². The van der Waals surface area contributed by atoms with E-state index in [1.165, 1.54) is 16.9 Å². The van der Waals surface area contributed by atoms with Crippen molar-refractivity contribution in [3.8, 4) is 11.5 Å². The highest BCUT2D eigenvalue weighted by Gasteiger charge is 2.34. The van der Waals surface area contributed by atoms with Gasteiger partial charge in [-0.1, -0.05) is 53.8 Å². The number of hydrogen-bond donors (Lipinski definition) is 1. The van der Waals surface area contributed by atoms with Crippen molar-refractivity contribution < 1.29 is 9.84 Å². The smallest absolute Gasteiger partial charge is 0.271 e. The average molecular weight is 538 g/mol. The van der Waals surface area contributed by atoms with Crippen LogP contribution < -0.4 is 24.5 Å². The van der Waals surface area contributed by atoms with Crippen LogP contribution in [-0.2, 0) is 6.42 Å². The molecular weight excluding hydrogens is 506 g/mol. The summed E-state index contributed by atoms with van der Waals surface area (Å²) in [5.74, 6) is 0.897. The Kier molecular flexibility index (Phi) is 6.61. The lowest BCUT2D eigenvalue weighted by Gasteiger charge is -2.31. The van der Waals surface area contributed by atoms with Crippen LogP contribution in [0, 0.1) is 0 Å². The number of benzene rings is 3. The molecule has 0 fully saturated rings. The number of nitrogens with zero attached hydrogens (tertiary/aromatic N) is 3. The summed E-state index contributed by atoms with van der Waals surface area (Å²) in [5.41, 5.74) is 6.87. The molecule has 1 N–H and O–H groups in total. The van der Waals surface area contributed by atoms with Crippen molar-refractivity contribution in [1.29, 1.82) is 0 Å². The summed E-state index contributed by atoms with van der Waals surface area (Å²) in [5, 5.41) is 10.9. The van der Waals surface area contributed by atoms with Gasteiger partial charge in [-0.15, -0.1) is 0 Å². The fraction of sp³-hybridized carbons (Fsp3) is 0.250. The summed E-state index contributed by atoms with van der Waals surface area (Å²) < 4.78 is 8.10. The number of fused-ring (bicyclic) bond motifs is 3. The molecule has 1 aliphatic heterocycles. The number of rotatable bonds is 6. The summed E-state index contributed by atoms with van der Waals surface area (Å²) >= 11 is 1.36. The molecule has 2 heterocycles. The predicted molar refractivity (Wildman–Crippen MR) is 157 cm³/mol. The number of methoxy groups -OCH3 is 1. The van der Waals surface area contributed by atoms with Gasteiger partial charge in [-0.05, 0) is 62.1 Å². The molecule has 1 aliphatic carbocycles. The highest BCUT2D eigenvalue weighted by molar-refractivity contribution is 7.07. The number of hydrogen-bond acceptors (Lipinski definition) is 6. The van der Waals surface area contributed by atoms with Gasteiger partial charge in [0.25, 0.3) is 5.56 Å². The number of phenolic OH excluding ortho intramolecular Hbond substituents is 1. The van der Waals surface area contributed by atoms with Gasteiger partial charge < -0.3 is 14.7 Å². The summed E-state index contributed by atoms with van der Waals surface area (Å²) in [7, 11) is 1.67. The molecule has 0 saturated heterocycles. The molecular formula is C32H31N3O3S. The summed E-state index contributed by atoms with van der Waals surface area (Å²) in [4.78, 5) is 21.9. The van der Waals surface area contributed by atoms with E-state index in [1.807, 2.05) is 47.0 Å². The van der Waals surface area contributed by atoms with Crippen LogP contribution in [0.1, 0.15) is 48.6 Å². The first-order valence-corrected chi connectivity index (χ1v) is 14.2. The predicted octanol–water partition coefficient (Wildman–Crippen LogP) is 4.88. The largest absolute Gasteiger partial charge is 0.507 e. The van der Waals surface area contributed by atoms with Gasteiger partial charge in [-0.2, -0.15) is 0 Å². The maximum Gasteiger partial charge on any atom is 0.271 e. The number of aromatic nitrogens is 1. The minimum absolute atomic E-state index is 0.118. The molecule has 1 aromatic heterocycles. The first-order valence-electron chi connectivity index (χ1n) is 13.4. The van der Waals surface area contributed by atoms with Crippen LogP contribution in [0.5, 0.6) is 11.5 Å². The molecule has 7 heteroatoms. The molecule has 0 saturated carbocycles. The number of anilines is 1. The van der Waals surface area contributed by atoms with Crippen LogP contribution in [0.3, 0.4) is 0 Å². The van der Waals surface area contributed by atoms with Crippen molar-refractivity contribution in [1.82, 2.24) is 4.57 Å². The number of aromatic hydroxyl groups is 1.